The van der Waals surface area contributed by atoms with Gasteiger partial charge in [0, 0.05) is 18.4 Å². The zero-order valence-electron chi connectivity index (χ0n) is 10.7. The van der Waals surface area contributed by atoms with Crippen LogP contribution in [-0.4, -0.2) is 13.1 Å². The molecule has 0 saturated carbocycles. The smallest absolute Gasteiger partial charge is 0.101 e. The molecule has 0 atom stereocenters. The van der Waals surface area contributed by atoms with Crippen LogP contribution < -0.4 is 4.90 Å². The number of benzene rings is 1. The van der Waals surface area contributed by atoms with Gasteiger partial charge in [0.15, 0.2) is 0 Å². The highest BCUT2D eigenvalue weighted by Gasteiger charge is 2.11. The molecule has 1 aromatic rings. The van der Waals surface area contributed by atoms with Crippen molar-refractivity contribution in [3.63, 3.8) is 0 Å². The molecule has 0 saturated heterocycles. The van der Waals surface area contributed by atoms with Gasteiger partial charge in [-0.15, -0.1) is 0 Å². The number of hydrogen-bond donors (Lipinski definition) is 0. The summed E-state index contributed by atoms with van der Waals surface area (Å²) >= 11 is 3.42. The molecule has 0 spiro atoms. The maximum Gasteiger partial charge on any atom is 0.101 e. The first-order valence-corrected chi connectivity index (χ1v) is 7.08. The Morgan fingerprint density at radius 2 is 2.12 bits per heavy atom. The Morgan fingerprint density at radius 3 is 2.59 bits per heavy atom. The third-order valence-corrected chi connectivity index (χ3v) is 3.29. The lowest BCUT2D eigenvalue weighted by atomic mass is 10.1. The molecule has 2 nitrogen and oxygen atoms in total. The Kier molecular flexibility index (Phi) is 5.50. The minimum Gasteiger partial charge on any atom is -0.370 e. The summed E-state index contributed by atoms with van der Waals surface area (Å²) in [6, 6.07) is 8.40. The zero-order valence-corrected chi connectivity index (χ0v) is 12.3. The van der Waals surface area contributed by atoms with Crippen LogP contribution in [0.25, 0.3) is 0 Å². The number of alkyl halides is 1. The second-order valence-corrected chi connectivity index (χ2v) is 5.09. The van der Waals surface area contributed by atoms with Gasteiger partial charge in [-0.3, -0.25) is 0 Å². The van der Waals surface area contributed by atoms with Gasteiger partial charge in [0.05, 0.1) is 11.3 Å². The van der Waals surface area contributed by atoms with Gasteiger partial charge in [-0.05, 0) is 30.5 Å². The molecule has 0 bridgehead atoms. The fraction of sp³-hybridized carbons (Fsp3) is 0.500. The van der Waals surface area contributed by atoms with Crippen molar-refractivity contribution in [2.45, 2.75) is 26.1 Å². The Balaban J connectivity index is 3.07. The highest BCUT2D eigenvalue weighted by molar-refractivity contribution is 9.08. The average molecular weight is 295 g/mol. The van der Waals surface area contributed by atoms with E-state index in [1.807, 2.05) is 6.07 Å². The molecule has 0 aliphatic rings. The highest BCUT2D eigenvalue weighted by atomic mass is 79.9. The van der Waals surface area contributed by atoms with Crippen LogP contribution in [0.15, 0.2) is 18.2 Å². The van der Waals surface area contributed by atoms with Crippen molar-refractivity contribution in [1.82, 2.24) is 0 Å². The molecular weight excluding hydrogens is 276 g/mol. The van der Waals surface area contributed by atoms with Crippen molar-refractivity contribution in [1.29, 1.82) is 5.26 Å². The second kappa shape index (κ2) is 6.66. The molecule has 0 unspecified atom stereocenters. The molecule has 92 valence electrons. The number of nitriles is 1. The van der Waals surface area contributed by atoms with Gasteiger partial charge in [0.1, 0.15) is 6.07 Å². The van der Waals surface area contributed by atoms with Gasteiger partial charge in [-0.25, -0.2) is 0 Å². The molecule has 0 aromatic heterocycles. The van der Waals surface area contributed by atoms with E-state index in [2.05, 4.69) is 59.8 Å². The molecule has 0 N–H and O–H groups in total. The first kappa shape index (κ1) is 14.1. The Labute approximate surface area is 112 Å². The van der Waals surface area contributed by atoms with Crippen molar-refractivity contribution in [3.05, 3.63) is 29.3 Å². The molecule has 0 amide bonds. The van der Waals surface area contributed by atoms with Crippen LogP contribution in [-0.2, 0) is 5.33 Å². The molecular formula is C14H19BrN2. The molecule has 0 fully saturated rings. The van der Waals surface area contributed by atoms with Crippen LogP contribution in [0.2, 0.25) is 0 Å². The van der Waals surface area contributed by atoms with E-state index in [1.165, 1.54) is 0 Å². The molecule has 17 heavy (non-hydrogen) atoms. The molecule has 0 aliphatic carbocycles. The van der Waals surface area contributed by atoms with Crippen LogP contribution in [0.4, 0.5) is 5.69 Å². The quantitative estimate of drug-likeness (QED) is 0.769. The van der Waals surface area contributed by atoms with E-state index in [-0.39, 0.29) is 0 Å². The molecule has 1 aromatic carbocycles. The summed E-state index contributed by atoms with van der Waals surface area (Å²) in [6.07, 6.45) is 0. The zero-order chi connectivity index (χ0) is 12.8. The lowest BCUT2D eigenvalue weighted by molar-refractivity contribution is 0.618. The average Bonchev–Trinajstić information content (AvgIpc) is 2.35. The summed E-state index contributed by atoms with van der Waals surface area (Å²) in [5.41, 5.74) is 2.96. The van der Waals surface area contributed by atoms with Crippen molar-refractivity contribution in [2.24, 2.45) is 5.92 Å². The monoisotopic (exact) mass is 294 g/mol. The van der Waals surface area contributed by atoms with E-state index in [1.54, 1.807) is 0 Å². The lowest BCUT2D eigenvalue weighted by Gasteiger charge is -2.26. The standard InChI is InChI=1S/C14H19BrN2/c1-4-17(10-11(2)3)14-6-5-12(8-15)7-13(14)9-16/h5-7,11H,4,8,10H2,1-3H3. The topological polar surface area (TPSA) is 27.0 Å². The van der Waals surface area contributed by atoms with Crippen molar-refractivity contribution < 1.29 is 0 Å². The van der Waals surface area contributed by atoms with E-state index in [9.17, 15) is 5.26 Å². The summed E-state index contributed by atoms with van der Waals surface area (Å²) in [7, 11) is 0. The number of anilines is 1. The third kappa shape index (κ3) is 3.74. The van der Waals surface area contributed by atoms with E-state index in [0.29, 0.717) is 5.92 Å². The van der Waals surface area contributed by atoms with Gasteiger partial charge in [-0.2, -0.15) is 5.26 Å². The molecule has 3 heteroatoms. The summed E-state index contributed by atoms with van der Waals surface area (Å²) in [5.74, 6) is 0.595. The van der Waals surface area contributed by atoms with Gasteiger partial charge in [-0.1, -0.05) is 35.8 Å². The second-order valence-electron chi connectivity index (χ2n) is 4.53. The van der Waals surface area contributed by atoms with Crippen molar-refractivity contribution in [3.8, 4) is 6.07 Å². The summed E-state index contributed by atoms with van der Waals surface area (Å²) in [4.78, 5) is 2.27. The molecule has 0 radical (unpaired) electrons. The Bertz CT molecular complexity index is 407. The van der Waals surface area contributed by atoms with Gasteiger partial charge in [0.2, 0.25) is 0 Å². The molecule has 0 aliphatic heterocycles. The number of hydrogen-bond acceptors (Lipinski definition) is 2. The number of nitrogens with zero attached hydrogens (tertiary/aromatic N) is 2. The first-order chi connectivity index (χ1) is 8.12. The largest absolute Gasteiger partial charge is 0.370 e. The Hall–Kier alpha value is -1.01. The fourth-order valence-corrected chi connectivity index (χ4v) is 2.22. The lowest BCUT2D eigenvalue weighted by Crippen LogP contribution is -2.27. The summed E-state index contributed by atoms with van der Waals surface area (Å²) in [6.45, 7) is 8.43. The van der Waals surface area contributed by atoms with Crippen LogP contribution >= 0.6 is 15.9 Å². The van der Waals surface area contributed by atoms with Crippen LogP contribution in [0.1, 0.15) is 31.9 Å². The highest BCUT2D eigenvalue weighted by Crippen LogP contribution is 2.23. The van der Waals surface area contributed by atoms with Crippen molar-refractivity contribution in [2.75, 3.05) is 18.0 Å². The maximum atomic E-state index is 9.22. The predicted octanol–water partition coefficient (Wildman–Crippen LogP) is 3.94. The first-order valence-electron chi connectivity index (χ1n) is 5.96. The van der Waals surface area contributed by atoms with Gasteiger partial charge >= 0.3 is 0 Å². The summed E-state index contributed by atoms with van der Waals surface area (Å²) < 4.78 is 0. The van der Waals surface area contributed by atoms with E-state index in [4.69, 9.17) is 0 Å². The van der Waals surface area contributed by atoms with Gasteiger partial charge in [0.25, 0.3) is 0 Å². The Morgan fingerprint density at radius 1 is 1.41 bits per heavy atom. The van der Waals surface area contributed by atoms with Crippen LogP contribution in [0.3, 0.4) is 0 Å². The minimum atomic E-state index is 0.595. The number of halogens is 1. The van der Waals surface area contributed by atoms with Gasteiger partial charge < -0.3 is 4.90 Å². The third-order valence-electron chi connectivity index (χ3n) is 2.64. The van der Waals surface area contributed by atoms with E-state index in [0.717, 1.165) is 35.2 Å². The fourth-order valence-electron chi connectivity index (χ4n) is 1.87. The summed E-state index contributed by atoms with van der Waals surface area (Å²) in [5, 5.41) is 10.0. The normalized spacial score (nSPS) is 10.4. The minimum absolute atomic E-state index is 0.595. The molecule has 1 rings (SSSR count). The van der Waals surface area contributed by atoms with E-state index < -0.39 is 0 Å². The van der Waals surface area contributed by atoms with Crippen LogP contribution in [0, 0.1) is 17.2 Å². The maximum absolute atomic E-state index is 9.22. The predicted molar refractivity (Wildman–Crippen MR) is 76.5 cm³/mol. The SMILES string of the molecule is CCN(CC(C)C)c1ccc(CBr)cc1C#N. The molecule has 0 heterocycles. The van der Waals surface area contributed by atoms with Crippen molar-refractivity contribution >= 4 is 21.6 Å². The number of rotatable bonds is 5. The van der Waals surface area contributed by atoms with Crippen LogP contribution in [0.5, 0.6) is 0 Å². The van der Waals surface area contributed by atoms with E-state index >= 15 is 0 Å².